The van der Waals surface area contributed by atoms with E-state index in [0.717, 1.165) is 25.9 Å². The zero-order chi connectivity index (χ0) is 11.4. The fourth-order valence-corrected chi connectivity index (χ4v) is 2.83. The number of nitrogens with one attached hydrogen (secondary N) is 2. The van der Waals surface area contributed by atoms with Crippen molar-refractivity contribution in [2.24, 2.45) is 5.92 Å². The maximum absolute atomic E-state index is 11.9. The van der Waals surface area contributed by atoms with Crippen LogP contribution < -0.4 is 10.6 Å². The quantitative estimate of drug-likeness (QED) is 0.841. The van der Waals surface area contributed by atoms with E-state index in [-0.39, 0.29) is 11.8 Å². The number of hydrogen-bond donors (Lipinski definition) is 2. The van der Waals surface area contributed by atoms with Crippen LogP contribution in [0.2, 0.25) is 0 Å². The predicted molar refractivity (Wildman–Crippen MR) is 66.5 cm³/mol. The molecule has 16 heavy (non-hydrogen) atoms. The second-order valence-corrected chi connectivity index (χ2v) is 5.27. The molecule has 4 heteroatoms. The van der Waals surface area contributed by atoms with Gasteiger partial charge in [0.25, 0.3) is 0 Å². The molecule has 0 unspecified atom stereocenters. The predicted octanol–water partition coefficient (Wildman–Crippen LogP) is 1.67. The first-order valence-corrected chi connectivity index (χ1v) is 6.66. The number of carbonyl (C=O) groups is 1. The largest absolute Gasteiger partial charge is 0.351 e. The topological polar surface area (TPSA) is 41.1 Å². The van der Waals surface area contributed by atoms with Crippen molar-refractivity contribution in [3.63, 3.8) is 0 Å². The third-order valence-electron chi connectivity index (χ3n) is 3.10. The van der Waals surface area contributed by atoms with Crippen LogP contribution in [0.3, 0.4) is 0 Å². The van der Waals surface area contributed by atoms with E-state index in [1.165, 1.54) is 10.4 Å². The summed E-state index contributed by atoms with van der Waals surface area (Å²) in [5, 5.41) is 8.38. The summed E-state index contributed by atoms with van der Waals surface area (Å²) in [7, 11) is 0. The zero-order valence-corrected chi connectivity index (χ0v) is 10.4. The van der Waals surface area contributed by atoms with E-state index >= 15 is 0 Å². The van der Waals surface area contributed by atoms with E-state index in [2.05, 4.69) is 29.0 Å². The van der Waals surface area contributed by atoms with E-state index < -0.39 is 0 Å². The number of rotatable bonds is 3. The first-order valence-electron chi connectivity index (χ1n) is 5.79. The van der Waals surface area contributed by atoms with Crippen molar-refractivity contribution in [1.82, 2.24) is 10.6 Å². The molecule has 1 amide bonds. The van der Waals surface area contributed by atoms with Gasteiger partial charge in [0.05, 0.1) is 6.54 Å². The lowest BCUT2D eigenvalue weighted by Gasteiger charge is -2.21. The van der Waals surface area contributed by atoms with Gasteiger partial charge in [-0.1, -0.05) is 0 Å². The molecular formula is C12H18N2OS. The van der Waals surface area contributed by atoms with Gasteiger partial charge in [0, 0.05) is 10.8 Å². The normalized spacial score (nSPS) is 17.3. The van der Waals surface area contributed by atoms with Crippen LogP contribution in [-0.4, -0.2) is 19.0 Å². The van der Waals surface area contributed by atoms with Crippen LogP contribution in [0, 0.1) is 12.8 Å². The fourth-order valence-electron chi connectivity index (χ4n) is 1.98. The summed E-state index contributed by atoms with van der Waals surface area (Å²) in [6, 6.07) is 2.09. The van der Waals surface area contributed by atoms with Crippen molar-refractivity contribution in [3.05, 3.63) is 21.9 Å². The van der Waals surface area contributed by atoms with Gasteiger partial charge < -0.3 is 10.6 Å². The molecule has 2 heterocycles. The summed E-state index contributed by atoms with van der Waals surface area (Å²) in [4.78, 5) is 13.1. The summed E-state index contributed by atoms with van der Waals surface area (Å²) in [6.07, 6.45) is 1.94. The number of carbonyl (C=O) groups excluding carboxylic acids is 1. The summed E-state index contributed by atoms with van der Waals surface area (Å²) in [6.45, 7) is 4.71. The third-order valence-corrected chi connectivity index (χ3v) is 4.12. The Balaban J connectivity index is 1.81. The average Bonchev–Trinajstić information content (AvgIpc) is 2.73. The summed E-state index contributed by atoms with van der Waals surface area (Å²) >= 11 is 1.71. The Kier molecular flexibility index (Phi) is 3.96. The molecular weight excluding hydrogens is 220 g/mol. The highest BCUT2D eigenvalue weighted by atomic mass is 32.1. The van der Waals surface area contributed by atoms with E-state index in [1.54, 1.807) is 11.3 Å². The second-order valence-electron chi connectivity index (χ2n) is 4.27. The molecule has 3 nitrogen and oxygen atoms in total. The maximum atomic E-state index is 11.9. The summed E-state index contributed by atoms with van der Waals surface area (Å²) < 4.78 is 0. The number of aryl methyl sites for hydroxylation is 1. The Labute approximate surface area is 100 Å². The standard InChI is InChI=1S/C12H18N2OS/c1-9-4-7-16-11(9)8-14-12(15)10-2-5-13-6-3-10/h4,7,10,13H,2-3,5-6,8H2,1H3,(H,14,15). The summed E-state index contributed by atoms with van der Waals surface area (Å²) in [5.41, 5.74) is 1.27. The van der Waals surface area contributed by atoms with Crippen LogP contribution >= 0.6 is 11.3 Å². The molecule has 0 radical (unpaired) electrons. The minimum atomic E-state index is 0.210. The monoisotopic (exact) mass is 238 g/mol. The van der Waals surface area contributed by atoms with E-state index in [0.29, 0.717) is 6.54 Å². The molecule has 0 spiro atoms. The maximum Gasteiger partial charge on any atom is 0.223 e. The highest BCUT2D eigenvalue weighted by molar-refractivity contribution is 7.10. The molecule has 2 N–H and O–H groups in total. The lowest BCUT2D eigenvalue weighted by molar-refractivity contribution is -0.125. The van der Waals surface area contributed by atoms with E-state index in [9.17, 15) is 4.79 Å². The number of hydrogen-bond acceptors (Lipinski definition) is 3. The van der Waals surface area contributed by atoms with Gasteiger partial charge >= 0.3 is 0 Å². The third kappa shape index (κ3) is 2.83. The number of thiophene rings is 1. The molecule has 0 aliphatic carbocycles. The summed E-state index contributed by atoms with van der Waals surface area (Å²) in [5.74, 6) is 0.427. The number of amides is 1. The molecule has 1 fully saturated rings. The van der Waals surface area contributed by atoms with Crippen molar-refractivity contribution in [1.29, 1.82) is 0 Å². The van der Waals surface area contributed by atoms with Gasteiger partial charge in [0.15, 0.2) is 0 Å². The fraction of sp³-hybridized carbons (Fsp3) is 0.583. The Hall–Kier alpha value is -0.870. The molecule has 1 aromatic heterocycles. The molecule has 1 saturated heterocycles. The minimum Gasteiger partial charge on any atom is -0.351 e. The smallest absolute Gasteiger partial charge is 0.223 e. The Morgan fingerprint density at radius 1 is 1.56 bits per heavy atom. The highest BCUT2D eigenvalue weighted by Crippen LogP contribution is 2.16. The van der Waals surface area contributed by atoms with Gasteiger partial charge in [-0.2, -0.15) is 0 Å². The van der Waals surface area contributed by atoms with Crippen LogP contribution in [0.5, 0.6) is 0 Å². The van der Waals surface area contributed by atoms with Gasteiger partial charge in [-0.25, -0.2) is 0 Å². The molecule has 0 bridgehead atoms. The minimum absolute atomic E-state index is 0.210. The molecule has 1 aliphatic rings. The van der Waals surface area contributed by atoms with Gasteiger partial charge in [-0.3, -0.25) is 4.79 Å². The Morgan fingerprint density at radius 2 is 2.31 bits per heavy atom. The van der Waals surface area contributed by atoms with Crippen molar-refractivity contribution < 1.29 is 4.79 Å². The molecule has 0 aromatic carbocycles. The number of piperidine rings is 1. The van der Waals surface area contributed by atoms with Crippen molar-refractivity contribution in [3.8, 4) is 0 Å². The van der Waals surface area contributed by atoms with Crippen LogP contribution in [0.25, 0.3) is 0 Å². The lowest BCUT2D eigenvalue weighted by Crippen LogP contribution is -2.37. The second kappa shape index (κ2) is 5.46. The van der Waals surface area contributed by atoms with Crippen LogP contribution in [0.4, 0.5) is 0 Å². The highest BCUT2D eigenvalue weighted by Gasteiger charge is 2.20. The first kappa shape index (κ1) is 11.6. The van der Waals surface area contributed by atoms with Crippen LogP contribution in [0.15, 0.2) is 11.4 Å². The van der Waals surface area contributed by atoms with Crippen LogP contribution in [0.1, 0.15) is 23.3 Å². The molecule has 1 aromatic rings. The van der Waals surface area contributed by atoms with Gasteiger partial charge in [0.2, 0.25) is 5.91 Å². The Bertz CT molecular complexity index is 356. The van der Waals surface area contributed by atoms with E-state index in [4.69, 9.17) is 0 Å². The molecule has 0 saturated carbocycles. The van der Waals surface area contributed by atoms with Crippen molar-refractivity contribution in [2.45, 2.75) is 26.3 Å². The van der Waals surface area contributed by atoms with Crippen molar-refractivity contribution in [2.75, 3.05) is 13.1 Å². The molecule has 0 atom stereocenters. The molecule has 2 rings (SSSR count). The lowest BCUT2D eigenvalue weighted by atomic mass is 9.97. The first-order chi connectivity index (χ1) is 7.77. The van der Waals surface area contributed by atoms with Gasteiger partial charge in [-0.15, -0.1) is 11.3 Å². The average molecular weight is 238 g/mol. The van der Waals surface area contributed by atoms with Gasteiger partial charge in [0.1, 0.15) is 0 Å². The molecule has 88 valence electrons. The van der Waals surface area contributed by atoms with Crippen molar-refractivity contribution >= 4 is 17.2 Å². The Morgan fingerprint density at radius 3 is 2.94 bits per heavy atom. The zero-order valence-electron chi connectivity index (χ0n) is 9.58. The van der Waals surface area contributed by atoms with Crippen LogP contribution in [-0.2, 0) is 11.3 Å². The SMILES string of the molecule is Cc1ccsc1CNC(=O)C1CCNCC1. The van der Waals surface area contributed by atoms with E-state index in [1.807, 2.05) is 0 Å². The molecule has 1 aliphatic heterocycles. The van der Waals surface area contributed by atoms with Gasteiger partial charge in [-0.05, 0) is 49.9 Å².